The van der Waals surface area contributed by atoms with Crippen LogP contribution in [0.25, 0.3) is 0 Å². The van der Waals surface area contributed by atoms with E-state index in [0.29, 0.717) is 6.54 Å². The van der Waals surface area contributed by atoms with Crippen LogP contribution in [-0.2, 0) is 11.3 Å². The lowest BCUT2D eigenvalue weighted by Gasteiger charge is -2.10. The van der Waals surface area contributed by atoms with Gasteiger partial charge in [0, 0.05) is 11.0 Å². The summed E-state index contributed by atoms with van der Waals surface area (Å²) in [6.07, 6.45) is 2.04. The Labute approximate surface area is 104 Å². The van der Waals surface area contributed by atoms with Crippen LogP contribution in [0, 0.1) is 0 Å². The van der Waals surface area contributed by atoms with Crippen molar-refractivity contribution in [3.63, 3.8) is 0 Å². The van der Waals surface area contributed by atoms with Gasteiger partial charge >= 0.3 is 0 Å². The highest BCUT2D eigenvalue weighted by molar-refractivity contribution is 9.10. The maximum absolute atomic E-state index is 11.7. The second-order valence-corrected chi connectivity index (χ2v) is 4.91. The lowest BCUT2D eigenvalue weighted by atomic mass is 10.2. The molecule has 16 heavy (non-hydrogen) atoms. The highest BCUT2D eigenvalue weighted by atomic mass is 79.9. The lowest BCUT2D eigenvalue weighted by molar-refractivity contribution is -0.122. The molecule has 1 aliphatic heterocycles. The second-order valence-electron chi connectivity index (χ2n) is 3.99. The number of amides is 1. The number of hydrogen-bond acceptors (Lipinski definition) is 2. The number of halogens is 1. The molecule has 1 aromatic carbocycles. The summed E-state index contributed by atoms with van der Waals surface area (Å²) >= 11 is 3.38. The molecule has 1 fully saturated rings. The van der Waals surface area contributed by atoms with Crippen molar-refractivity contribution in [1.29, 1.82) is 0 Å². The molecule has 1 amide bonds. The predicted molar refractivity (Wildman–Crippen MR) is 67.0 cm³/mol. The minimum Gasteiger partial charge on any atom is -0.351 e. The van der Waals surface area contributed by atoms with Crippen LogP contribution >= 0.6 is 15.9 Å². The van der Waals surface area contributed by atoms with Crippen molar-refractivity contribution >= 4 is 21.8 Å². The smallest absolute Gasteiger partial charge is 0.237 e. The quantitative estimate of drug-likeness (QED) is 0.888. The van der Waals surface area contributed by atoms with E-state index in [2.05, 4.69) is 26.6 Å². The van der Waals surface area contributed by atoms with Crippen molar-refractivity contribution in [2.45, 2.75) is 25.4 Å². The van der Waals surface area contributed by atoms with Crippen LogP contribution < -0.4 is 10.6 Å². The fourth-order valence-corrected chi connectivity index (χ4v) is 2.09. The van der Waals surface area contributed by atoms with Gasteiger partial charge in [-0.1, -0.05) is 28.1 Å². The number of carbonyl (C=O) groups is 1. The Balaban J connectivity index is 1.82. The van der Waals surface area contributed by atoms with E-state index in [-0.39, 0.29) is 11.9 Å². The molecule has 2 N–H and O–H groups in total. The molecule has 0 aromatic heterocycles. The predicted octanol–water partition coefficient (Wildman–Crippen LogP) is 1.82. The normalized spacial score (nSPS) is 19.7. The lowest BCUT2D eigenvalue weighted by Crippen LogP contribution is -2.39. The van der Waals surface area contributed by atoms with Crippen LogP contribution in [0.5, 0.6) is 0 Å². The molecule has 0 radical (unpaired) electrons. The second kappa shape index (κ2) is 5.46. The molecule has 3 nitrogen and oxygen atoms in total. The molecule has 2 rings (SSSR count). The Morgan fingerprint density at radius 1 is 1.44 bits per heavy atom. The molecule has 0 unspecified atom stereocenters. The highest BCUT2D eigenvalue weighted by Gasteiger charge is 2.21. The van der Waals surface area contributed by atoms with Crippen molar-refractivity contribution in [1.82, 2.24) is 10.6 Å². The van der Waals surface area contributed by atoms with E-state index < -0.39 is 0 Å². The summed E-state index contributed by atoms with van der Waals surface area (Å²) in [5.41, 5.74) is 1.12. The topological polar surface area (TPSA) is 41.1 Å². The minimum atomic E-state index is 0.00967. The van der Waals surface area contributed by atoms with Crippen molar-refractivity contribution in [3.8, 4) is 0 Å². The van der Waals surface area contributed by atoms with E-state index in [4.69, 9.17) is 0 Å². The van der Waals surface area contributed by atoms with Crippen LogP contribution in [0.3, 0.4) is 0 Å². The summed E-state index contributed by atoms with van der Waals surface area (Å²) in [6, 6.07) is 7.99. The number of rotatable bonds is 3. The van der Waals surface area contributed by atoms with Crippen molar-refractivity contribution in [2.75, 3.05) is 6.54 Å². The van der Waals surface area contributed by atoms with Crippen LogP contribution in [-0.4, -0.2) is 18.5 Å². The summed E-state index contributed by atoms with van der Waals surface area (Å²) in [4.78, 5) is 11.7. The van der Waals surface area contributed by atoms with E-state index in [0.717, 1.165) is 29.4 Å². The molecule has 0 aliphatic carbocycles. The first-order valence-corrected chi connectivity index (χ1v) is 6.30. The molecule has 1 heterocycles. The Morgan fingerprint density at radius 2 is 2.19 bits per heavy atom. The summed E-state index contributed by atoms with van der Waals surface area (Å²) in [6.45, 7) is 1.56. The maximum atomic E-state index is 11.7. The molecule has 0 spiro atoms. The molecule has 1 atom stereocenters. The molecule has 0 saturated carbocycles. The van der Waals surface area contributed by atoms with Gasteiger partial charge in [-0.2, -0.15) is 0 Å². The summed E-state index contributed by atoms with van der Waals surface area (Å²) in [7, 11) is 0. The minimum absolute atomic E-state index is 0.00967. The largest absolute Gasteiger partial charge is 0.351 e. The van der Waals surface area contributed by atoms with Crippen LogP contribution in [0.4, 0.5) is 0 Å². The first kappa shape index (κ1) is 11.6. The average molecular weight is 283 g/mol. The van der Waals surface area contributed by atoms with Crippen LogP contribution in [0.2, 0.25) is 0 Å². The summed E-state index contributed by atoms with van der Waals surface area (Å²) < 4.78 is 1.06. The molecule has 1 aliphatic rings. The molecule has 0 bridgehead atoms. The molecular weight excluding hydrogens is 268 g/mol. The zero-order valence-corrected chi connectivity index (χ0v) is 10.6. The fraction of sp³-hybridized carbons (Fsp3) is 0.417. The fourth-order valence-electron chi connectivity index (χ4n) is 1.82. The maximum Gasteiger partial charge on any atom is 0.237 e. The third-order valence-corrected chi connectivity index (χ3v) is 3.29. The Bertz CT molecular complexity index is 358. The van der Waals surface area contributed by atoms with Crippen molar-refractivity contribution < 1.29 is 4.79 Å². The van der Waals surface area contributed by atoms with E-state index in [1.165, 1.54) is 0 Å². The van der Waals surface area contributed by atoms with Gasteiger partial charge in [-0.3, -0.25) is 4.79 Å². The Hall–Kier alpha value is -0.870. The average Bonchev–Trinajstić information content (AvgIpc) is 2.81. The SMILES string of the molecule is O=C(NCc1ccc(Br)cc1)[C@H]1CCCN1. The van der Waals surface area contributed by atoms with E-state index in [1.807, 2.05) is 24.3 Å². The van der Waals surface area contributed by atoms with Gasteiger partial charge in [-0.15, -0.1) is 0 Å². The van der Waals surface area contributed by atoms with Gasteiger partial charge in [0.15, 0.2) is 0 Å². The monoisotopic (exact) mass is 282 g/mol. The third-order valence-electron chi connectivity index (χ3n) is 2.76. The van der Waals surface area contributed by atoms with E-state index in [1.54, 1.807) is 0 Å². The van der Waals surface area contributed by atoms with Gasteiger partial charge in [-0.25, -0.2) is 0 Å². The Kier molecular flexibility index (Phi) is 3.96. The van der Waals surface area contributed by atoms with Gasteiger partial charge in [0.05, 0.1) is 6.04 Å². The summed E-state index contributed by atoms with van der Waals surface area (Å²) in [5.74, 6) is 0.111. The Morgan fingerprint density at radius 3 is 2.81 bits per heavy atom. The first-order valence-electron chi connectivity index (χ1n) is 5.51. The molecule has 86 valence electrons. The van der Waals surface area contributed by atoms with Crippen LogP contribution in [0.15, 0.2) is 28.7 Å². The van der Waals surface area contributed by atoms with Crippen LogP contribution in [0.1, 0.15) is 18.4 Å². The van der Waals surface area contributed by atoms with Crippen molar-refractivity contribution in [3.05, 3.63) is 34.3 Å². The van der Waals surface area contributed by atoms with Gasteiger partial charge in [-0.05, 0) is 37.1 Å². The third kappa shape index (κ3) is 3.06. The van der Waals surface area contributed by atoms with E-state index >= 15 is 0 Å². The molecule has 1 aromatic rings. The van der Waals surface area contributed by atoms with Gasteiger partial charge < -0.3 is 10.6 Å². The molecular formula is C12H15BrN2O. The standard InChI is InChI=1S/C12H15BrN2O/c13-10-5-3-9(4-6-10)8-15-12(16)11-2-1-7-14-11/h3-6,11,14H,1-2,7-8H2,(H,15,16)/t11-/m1/s1. The first-order chi connectivity index (χ1) is 7.75. The zero-order chi connectivity index (χ0) is 11.4. The molecule has 4 heteroatoms. The highest BCUT2D eigenvalue weighted by Crippen LogP contribution is 2.10. The number of hydrogen-bond donors (Lipinski definition) is 2. The molecule has 1 saturated heterocycles. The number of nitrogens with one attached hydrogen (secondary N) is 2. The number of carbonyl (C=O) groups excluding carboxylic acids is 1. The number of benzene rings is 1. The van der Waals surface area contributed by atoms with Crippen molar-refractivity contribution in [2.24, 2.45) is 0 Å². The summed E-state index contributed by atoms with van der Waals surface area (Å²) in [5, 5.41) is 6.13. The van der Waals surface area contributed by atoms with E-state index in [9.17, 15) is 4.79 Å². The van der Waals surface area contributed by atoms with Gasteiger partial charge in [0.25, 0.3) is 0 Å². The van der Waals surface area contributed by atoms with Gasteiger partial charge in [0.2, 0.25) is 5.91 Å². The zero-order valence-electron chi connectivity index (χ0n) is 9.00. The van der Waals surface area contributed by atoms with Gasteiger partial charge in [0.1, 0.15) is 0 Å².